The van der Waals surface area contributed by atoms with Crippen molar-refractivity contribution in [3.8, 4) is 5.75 Å². The molecule has 7 nitrogen and oxygen atoms in total. The molecule has 11 heteroatoms. The number of halogens is 4. The number of anilines is 1. The molecule has 1 aliphatic rings. The minimum atomic E-state index is -4.46. The minimum absolute atomic E-state index is 0.126. The highest BCUT2D eigenvalue weighted by Gasteiger charge is 2.32. The molecule has 2 heterocycles. The Hall–Kier alpha value is -3.79. The number of benzene rings is 2. The minimum Gasteiger partial charge on any atom is -0.489 e. The van der Waals surface area contributed by atoms with Crippen LogP contribution >= 0.6 is 11.6 Å². The molecule has 2 unspecified atom stereocenters. The second kappa shape index (κ2) is 13.5. The van der Waals surface area contributed by atoms with Gasteiger partial charge in [-0.3, -0.25) is 4.79 Å². The molecule has 214 valence electrons. The van der Waals surface area contributed by atoms with E-state index in [4.69, 9.17) is 21.1 Å². The topological polar surface area (TPSA) is 80.8 Å². The summed E-state index contributed by atoms with van der Waals surface area (Å²) in [5, 5.41) is 3.20. The van der Waals surface area contributed by atoms with Gasteiger partial charge < -0.3 is 19.7 Å². The Bertz CT molecular complexity index is 1320. The molecule has 1 N–H and O–H groups in total. The smallest absolute Gasteiger partial charge is 0.416 e. The summed E-state index contributed by atoms with van der Waals surface area (Å²) in [5.41, 5.74) is 0.651. The highest BCUT2D eigenvalue weighted by Crippen LogP contribution is 2.33. The molecule has 0 aliphatic carbocycles. The zero-order valence-electron chi connectivity index (χ0n) is 22.6. The molecular weight excluding hydrogens is 547 g/mol. The van der Waals surface area contributed by atoms with E-state index < -0.39 is 29.7 Å². The zero-order valence-corrected chi connectivity index (χ0v) is 23.3. The van der Waals surface area contributed by atoms with Crippen LogP contribution < -0.4 is 15.0 Å². The van der Waals surface area contributed by atoms with Gasteiger partial charge >= 0.3 is 12.1 Å². The first-order valence-corrected chi connectivity index (χ1v) is 13.2. The number of carbonyl (C=O) groups excluding carboxylic acids is 2. The Morgan fingerprint density at radius 2 is 1.82 bits per heavy atom. The summed E-state index contributed by atoms with van der Waals surface area (Å²) in [6, 6.07) is 12.6. The molecule has 1 amide bonds. The standard InChI is InChI=1S/C27H25ClF3N3O4.C2H6/c1-16(17-6-8-18(9-7-17)26(36)37-2)33-25(35)23-13-20(28)14-32-24(23)34-11-10-22(15-34)38-21-5-3-4-19(12-21)27(29,30)31;1-2/h3-9,12-14,16,22H,10-11,15H2,1-2H3,(H,33,35);1-2H3. The number of methoxy groups -OCH3 is 1. The van der Waals surface area contributed by atoms with Gasteiger partial charge in [0.2, 0.25) is 0 Å². The highest BCUT2D eigenvalue weighted by molar-refractivity contribution is 6.31. The quantitative estimate of drug-likeness (QED) is 0.314. The van der Waals surface area contributed by atoms with Gasteiger partial charge in [-0.15, -0.1) is 0 Å². The molecule has 1 aliphatic heterocycles. The summed E-state index contributed by atoms with van der Waals surface area (Å²) >= 11 is 6.15. The van der Waals surface area contributed by atoms with E-state index in [0.29, 0.717) is 30.9 Å². The summed E-state index contributed by atoms with van der Waals surface area (Å²) in [6.45, 7) is 6.62. The molecule has 2 atom stereocenters. The van der Waals surface area contributed by atoms with E-state index in [-0.39, 0.29) is 22.4 Å². The molecule has 1 saturated heterocycles. The van der Waals surface area contributed by atoms with E-state index in [1.54, 1.807) is 31.2 Å². The molecule has 1 fully saturated rings. The maximum atomic E-state index is 13.2. The largest absolute Gasteiger partial charge is 0.489 e. The van der Waals surface area contributed by atoms with E-state index in [9.17, 15) is 22.8 Å². The predicted molar refractivity (Wildman–Crippen MR) is 147 cm³/mol. The van der Waals surface area contributed by atoms with Gasteiger partial charge in [0.1, 0.15) is 17.7 Å². The van der Waals surface area contributed by atoms with Crippen LogP contribution in [-0.2, 0) is 10.9 Å². The normalized spacial score (nSPS) is 15.5. The van der Waals surface area contributed by atoms with Crippen molar-refractivity contribution in [3.63, 3.8) is 0 Å². The molecule has 4 rings (SSSR count). The molecule has 40 heavy (non-hydrogen) atoms. The predicted octanol–water partition coefficient (Wildman–Crippen LogP) is 6.72. The Labute approximate surface area is 236 Å². The number of amides is 1. The summed E-state index contributed by atoms with van der Waals surface area (Å²) in [7, 11) is 1.30. The van der Waals surface area contributed by atoms with Crippen LogP contribution in [0.4, 0.5) is 19.0 Å². The summed E-state index contributed by atoms with van der Waals surface area (Å²) in [6.07, 6.45) is -2.88. The van der Waals surface area contributed by atoms with Gasteiger partial charge in [0, 0.05) is 19.2 Å². The van der Waals surface area contributed by atoms with Gasteiger partial charge in [0.25, 0.3) is 5.91 Å². The van der Waals surface area contributed by atoms with Crippen LogP contribution in [0.3, 0.4) is 0 Å². The molecule has 2 aromatic carbocycles. The molecule has 0 bridgehead atoms. The summed E-state index contributed by atoms with van der Waals surface area (Å²) in [4.78, 5) is 31.1. The average Bonchev–Trinajstić information content (AvgIpc) is 3.41. The number of alkyl halides is 3. The Kier molecular flexibility index (Phi) is 10.4. The van der Waals surface area contributed by atoms with Crippen LogP contribution in [0, 0.1) is 0 Å². The van der Waals surface area contributed by atoms with Crippen molar-refractivity contribution in [1.82, 2.24) is 10.3 Å². The van der Waals surface area contributed by atoms with Gasteiger partial charge in [-0.25, -0.2) is 9.78 Å². The monoisotopic (exact) mass is 577 g/mol. The number of ether oxygens (including phenoxy) is 2. The van der Waals surface area contributed by atoms with Gasteiger partial charge in [-0.05, 0) is 48.9 Å². The Morgan fingerprint density at radius 3 is 2.48 bits per heavy atom. The SMILES string of the molecule is CC.COC(=O)c1ccc(C(C)NC(=O)c2cc(Cl)cnc2N2CCC(Oc3cccc(C(F)(F)F)c3)C2)cc1. The van der Waals surface area contributed by atoms with Crippen LogP contribution in [0.1, 0.15) is 65.1 Å². The summed E-state index contributed by atoms with van der Waals surface area (Å²) < 4.78 is 49.6. The van der Waals surface area contributed by atoms with E-state index in [2.05, 4.69) is 10.3 Å². The van der Waals surface area contributed by atoms with Crippen molar-refractivity contribution >= 4 is 29.3 Å². The second-order valence-electron chi connectivity index (χ2n) is 8.83. The first-order chi connectivity index (χ1) is 19.0. The Morgan fingerprint density at radius 1 is 1.12 bits per heavy atom. The lowest BCUT2D eigenvalue weighted by molar-refractivity contribution is -0.137. The van der Waals surface area contributed by atoms with E-state index in [0.717, 1.165) is 17.7 Å². The fourth-order valence-corrected chi connectivity index (χ4v) is 4.35. The number of nitrogens with one attached hydrogen (secondary N) is 1. The van der Waals surface area contributed by atoms with Crippen LogP contribution in [0.15, 0.2) is 60.8 Å². The molecule has 0 saturated carbocycles. The fourth-order valence-electron chi connectivity index (χ4n) is 4.19. The highest BCUT2D eigenvalue weighted by atomic mass is 35.5. The number of aromatic nitrogens is 1. The number of nitrogens with zero attached hydrogens (tertiary/aromatic N) is 2. The third-order valence-electron chi connectivity index (χ3n) is 6.17. The van der Waals surface area contributed by atoms with Gasteiger partial charge in [-0.2, -0.15) is 13.2 Å². The average molecular weight is 578 g/mol. The molecule has 0 radical (unpaired) electrons. The van der Waals surface area contributed by atoms with Crippen molar-refractivity contribution in [1.29, 1.82) is 0 Å². The first kappa shape index (κ1) is 30.7. The third-order valence-corrected chi connectivity index (χ3v) is 6.37. The lowest BCUT2D eigenvalue weighted by atomic mass is 10.1. The lowest BCUT2D eigenvalue weighted by Crippen LogP contribution is -2.31. The van der Waals surface area contributed by atoms with Gasteiger partial charge in [-0.1, -0.05) is 43.6 Å². The van der Waals surface area contributed by atoms with Gasteiger partial charge in [0.05, 0.1) is 41.4 Å². The molecular formula is C29H31ClF3N3O4. The number of hydrogen-bond acceptors (Lipinski definition) is 6. The third kappa shape index (κ3) is 7.65. The van der Waals surface area contributed by atoms with Gasteiger partial charge in [0.15, 0.2) is 0 Å². The van der Waals surface area contributed by atoms with Crippen LogP contribution in [0.25, 0.3) is 0 Å². The van der Waals surface area contributed by atoms with Crippen LogP contribution in [0.5, 0.6) is 5.75 Å². The van der Waals surface area contributed by atoms with E-state index in [1.807, 2.05) is 18.7 Å². The van der Waals surface area contributed by atoms with Crippen molar-refractivity contribution in [2.75, 3.05) is 25.1 Å². The maximum absolute atomic E-state index is 13.2. The van der Waals surface area contributed by atoms with Crippen LogP contribution in [-0.4, -0.2) is 43.2 Å². The zero-order chi connectivity index (χ0) is 29.4. The first-order valence-electron chi connectivity index (χ1n) is 12.8. The molecule has 1 aromatic heterocycles. The summed E-state index contributed by atoms with van der Waals surface area (Å²) in [5.74, 6) is -0.332. The van der Waals surface area contributed by atoms with Crippen molar-refractivity contribution in [2.24, 2.45) is 0 Å². The van der Waals surface area contributed by atoms with Crippen molar-refractivity contribution in [2.45, 2.75) is 45.5 Å². The number of esters is 1. The number of rotatable bonds is 7. The number of pyridine rings is 1. The second-order valence-corrected chi connectivity index (χ2v) is 9.27. The van der Waals surface area contributed by atoms with E-state index in [1.165, 1.54) is 31.5 Å². The van der Waals surface area contributed by atoms with Crippen molar-refractivity contribution < 1.29 is 32.2 Å². The number of carbonyl (C=O) groups is 2. The van der Waals surface area contributed by atoms with Crippen LogP contribution in [0.2, 0.25) is 5.02 Å². The van der Waals surface area contributed by atoms with E-state index >= 15 is 0 Å². The Balaban J connectivity index is 0.00000216. The molecule has 0 spiro atoms. The molecule has 3 aromatic rings. The number of hydrogen-bond donors (Lipinski definition) is 1. The fraction of sp³-hybridized carbons (Fsp3) is 0.345. The maximum Gasteiger partial charge on any atom is 0.416 e. The lowest BCUT2D eigenvalue weighted by Gasteiger charge is -2.22. The van der Waals surface area contributed by atoms with Crippen molar-refractivity contribution in [3.05, 3.63) is 88.1 Å².